The minimum absolute atomic E-state index is 0.291. The SMILES string of the molecule is CC(C)(C)[Si](C)(C)OC1CCN(c2ccc3c(c2)CC=C3)C1. The Morgan fingerprint density at radius 2 is 2.00 bits per heavy atom. The molecule has 2 nitrogen and oxygen atoms in total. The minimum atomic E-state index is -1.65. The first-order valence-corrected chi connectivity index (χ1v) is 11.4. The molecule has 1 unspecified atom stereocenters. The standard InChI is InChI=1S/C19H29NOSi/c1-19(2,3)22(4,5)21-18-11-12-20(14-18)17-10-9-15-7-6-8-16(15)13-17/h6-7,9-10,13,18H,8,11-12,14H2,1-5H3. The normalized spacial score (nSPS) is 21.5. The van der Waals surface area contributed by atoms with Crippen LogP contribution in [0.15, 0.2) is 24.3 Å². The number of benzene rings is 1. The van der Waals surface area contributed by atoms with Gasteiger partial charge in [-0.25, -0.2) is 0 Å². The zero-order chi connectivity index (χ0) is 16.0. The highest BCUT2D eigenvalue weighted by molar-refractivity contribution is 6.74. The first-order chi connectivity index (χ1) is 10.3. The average Bonchev–Trinajstić information content (AvgIpc) is 3.04. The van der Waals surface area contributed by atoms with Crippen molar-refractivity contribution in [2.45, 2.75) is 57.8 Å². The summed E-state index contributed by atoms with van der Waals surface area (Å²) in [5.74, 6) is 0. The molecule has 0 spiro atoms. The van der Waals surface area contributed by atoms with Crippen LogP contribution in [0.5, 0.6) is 0 Å². The lowest BCUT2D eigenvalue weighted by Crippen LogP contribution is -2.44. The molecule has 0 amide bonds. The van der Waals surface area contributed by atoms with Crippen LogP contribution in [-0.2, 0) is 10.8 Å². The molecule has 1 atom stereocenters. The Bertz CT molecular complexity index is 586. The van der Waals surface area contributed by atoms with Crippen molar-refractivity contribution in [3.63, 3.8) is 0 Å². The van der Waals surface area contributed by atoms with Gasteiger partial charge >= 0.3 is 0 Å². The maximum Gasteiger partial charge on any atom is 0.192 e. The maximum absolute atomic E-state index is 6.59. The van der Waals surface area contributed by atoms with Crippen LogP contribution < -0.4 is 4.90 Å². The molecule has 2 aliphatic rings. The van der Waals surface area contributed by atoms with Crippen molar-refractivity contribution in [1.82, 2.24) is 0 Å². The van der Waals surface area contributed by atoms with Crippen LogP contribution in [0.4, 0.5) is 5.69 Å². The van der Waals surface area contributed by atoms with Crippen molar-refractivity contribution in [2.75, 3.05) is 18.0 Å². The fourth-order valence-electron chi connectivity index (χ4n) is 3.09. The Morgan fingerprint density at radius 3 is 2.73 bits per heavy atom. The van der Waals surface area contributed by atoms with E-state index in [0.717, 1.165) is 25.9 Å². The van der Waals surface area contributed by atoms with Gasteiger partial charge in [0.15, 0.2) is 8.32 Å². The molecule has 0 aromatic heterocycles. The van der Waals surface area contributed by atoms with Crippen LogP contribution in [0, 0.1) is 0 Å². The van der Waals surface area contributed by atoms with E-state index in [1.807, 2.05) is 0 Å². The molecule has 1 aliphatic heterocycles. The number of rotatable bonds is 3. The Kier molecular flexibility index (Phi) is 3.98. The highest BCUT2D eigenvalue weighted by atomic mass is 28.4. The lowest BCUT2D eigenvalue weighted by molar-refractivity contribution is 0.202. The van der Waals surface area contributed by atoms with Gasteiger partial charge in [0, 0.05) is 18.8 Å². The number of fused-ring (bicyclic) bond motifs is 1. The van der Waals surface area contributed by atoms with Crippen molar-refractivity contribution in [3.8, 4) is 0 Å². The first-order valence-electron chi connectivity index (χ1n) is 8.48. The van der Waals surface area contributed by atoms with Gasteiger partial charge in [0.1, 0.15) is 0 Å². The summed E-state index contributed by atoms with van der Waals surface area (Å²) in [5.41, 5.74) is 4.21. The summed E-state index contributed by atoms with van der Waals surface area (Å²) >= 11 is 0. The lowest BCUT2D eigenvalue weighted by atomic mass is 10.1. The van der Waals surface area contributed by atoms with Gasteiger partial charge in [-0.2, -0.15) is 0 Å². The van der Waals surface area contributed by atoms with Crippen LogP contribution >= 0.6 is 0 Å². The molecular weight excluding hydrogens is 286 g/mol. The zero-order valence-corrected chi connectivity index (χ0v) is 15.6. The van der Waals surface area contributed by atoms with E-state index in [4.69, 9.17) is 4.43 Å². The van der Waals surface area contributed by atoms with E-state index in [2.05, 4.69) is 69.1 Å². The van der Waals surface area contributed by atoms with Gasteiger partial charge in [0.05, 0.1) is 6.10 Å². The second-order valence-corrected chi connectivity index (χ2v) is 13.0. The molecule has 1 heterocycles. The van der Waals surface area contributed by atoms with Crippen molar-refractivity contribution in [3.05, 3.63) is 35.4 Å². The van der Waals surface area contributed by atoms with E-state index < -0.39 is 8.32 Å². The highest BCUT2D eigenvalue weighted by Crippen LogP contribution is 2.38. The molecule has 0 radical (unpaired) electrons. The largest absolute Gasteiger partial charge is 0.412 e. The van der Waals surface area contributed by atoms with E-state index in [0.29, 0.717) is 11.1 Å². The van der Waals surface area contributed by atoms with Crippen molar-refractivity contribution < 1.29 is 4.43 Å². The van der Waals surface area contributed by atoms with E-state index in [1.165, 1.54) is 16.8 Å². The van der Waals surface area contributed by atoms with Gasteiger partial charge in [-0.1, -0.05) is 39.0 Å². The van der Waals surface area contributed by atoms with Gasteiger partial charge in [-0.3, -0.25) is 0 Å². The summed E-state index contributed by atoms with van der Waals surface area (Å²) in [6.07, 6.45) is 7.11. The minimum Gasteiger partial charge on any atom is -0.412 e. The summed E-state index contributed by atoms with van der Waals surface area (Å²) in [5, 5.41) is 0.291. The van der Waals surface area contributed by atoms with Gasteiger partial charge in [-0.05, 0) is 54.2 Å². The smallest absolute Gasteiger partial charge is 0.192 e. The summed E-state index contributed by atoms with van der Waals surface area (Å²) < 4.78 is 6.59. The molecule has 3 rings (SSSR count). The quantitative estimate of drug-likeness (QED) is 0.739. The molecule has 1 aromatic carbocycles. The van der Waals surface area contributed by atoms with Gasteiger partial charge in [0.2, 0.25) is 0 Å². The topological polar surface area (TPSA) is 12.5 Å². The van der Waals surface area contributed by atoms with Gasteiger partial charge in [-0.15, -0.1) is 0 Å². The molecular formula is C19H29NOSi. The fourth-order valence-corrected chi connectivity index (χ4v) is 4.47. The number of anilines is 1. The summed E-state index contributed by atoms with van der Waals surface area (Å²) in [6, 6.07) is 6.89. The Hall–Kier alpha value is -1.06. The molecule has 1 aromatic rings. The van der Waals surface area contributed by atoms with Crippen molar-refractivity contribution in [1.29, 1.82) is 0 Å². The molecule has 1 fully saturated rings. The Labute approximate surface area is 136 Å². The second kappa shape index (κ2) is 5.54. The van der Waals surface area contributed by atoms with Crippen LogP contribution in [0.1, 0.15) is 38.3 Å². The summed E-state index contributed by atoms with van der Waals surface area (Å²) in [7, 11) is -1.65. The number of hydrogen-bond donors (Lipinski definition) is 0. The highest BCUT2D eigenvalue weighted by Gasteiger charge is 2.40. The third-order valence-electron chi connectivity index (χ3n) is 5.54. The molecule has 120 valence electrons. The molecule has 0 N–H and O–H groups in total. The number of allylic oxidation sites excluding steroid dienone is 1. The Morgan fingerprint density at radius 1 is 1.23 bits per heavy atom. The predicted molar refractivity (Wildman–Crippen MR) is 98.1 cm³/mol. The number of hydrogen-bond acceptors (Lipinski definition) is 2. The average molecular weight is 316 g/mol. The molecule has 3 heteroatoms. The molecule has 0 bridgehead atoms. The van der Waals surface area contributed by atoms with E-state index in [1.54, 1.807) is 0 Å². The van der Waals surface area contributed by atoms with Crippen LogP contribution in [0.25, 0.3) is 6.08 Å². The van der Waals surface area contributed by atoms with Gasteiger partial charge in [0.25, 0.3) is 0 Å². The van der Waals surface area contributed by atoms with Crippen molar-refractivity contribution in [2.24, 2.45) is 0 Å². The third-order valence-corrected chi connectivity index (χ3v) is 10.1. The van der Waals surface area contributed by atoms with Crippen molar-refractivity contribution >= 4 is 20.1 Å². The first kappa shape index (κ1) is 15.8. The van der Waals surface area contributed by atoms with E-state index >= 15 is 0 Å². The summed E-state index contributed by atoms with van der Waals surface area (Å²) in [4.78, 5) is 2.50. The maximum atomic E-state index is 6.59. The zero-order valence-electron chi connectivity index (χ0n) is 14.6. The molecule has 1 saturated heterocycles. The number of nitrogens with zero attached hydrogens (tertiary/aromatic N) is 1. The van der Waals surface area contributed by atoms with Crippen LogP contribution in [0.2, 0.25) is 18.1 Å². The Balaban J connectivity index is 1.66. The monoisotopic (exact) mass is 315 g/mol. The lowest BCUT2D eigenvalue weighted by Gasteiger charge is -2.38. The molecule has 22 heavy (non-hydrogen) atoms. The third kappa shape index (κ3) is 3.02. The summed E-state index contributed by atoms with van der Waals surface area (Å²) in [6.45, 7) is 13.8. The second-order valence-electron chi connectivity index (χ2n) is 8.22. The fraction of sp³-hybridized carbons (Fsp3) is 0.579. The van der Waals surface area contributed by atoms with Gasteiger partial charge < -0.3 is 9.33 Å². The molecule has 1 aliphatic carbocycles. The predicted octanol–water partition coefficient (Wildman–Crippen LogP) is 4.86. The molecule has 0 saturated carbocycles. The van der Waals surface area contributed by atoms with E-state index in [9.17, 15) is 0 Å². The van der Waals surface area contributed by atoms with E-state index in [-0.39, 0.29) is 0 Å². The van der Waals surface area contributed by atoms with Crippen LogP contribution in [-0.4, -0.2) is 27.5 Å². The van der Waals surface area contributed by atoms with Crippen LogP contribution in [0.3, 0.4) is 0 Å².